The summed E-state index contributed by atoms with van der Waals surface area (Å²) in [5.41, 5.74) is 2.99. The van der Waals surface area contributed by atoms with Crippen LogP contribution in [0.25, 0.3) is 0 Å². The molecule has 1 spiro atoms. The van der Waals surface area contributed by atoms with Gasteiger partial charge in [0.05, 0.1) is 26.0 Å². The van der Waals surface area contributed by atoms with Gasteiger partial charge in [-0.25, -0.2) is 5.01 Å². The van der Waals surface area contributed by atoms with Crippen molar-refractivity contribution in [2.24, 2.45) is 5.10 Å². The van der Waals surface area contributed by atoms with Crippen LogP contribution in [0.15, 0.2) is 47.6 Å². The SMILES string of the molecule is CCN1CCC2(CC1)Oc1ccccc1[C@H]1CC(c3ccc(OC)c(OC)c3)=NN12. The van der Waals surface area contributed by atoms with E-state index in [0.29, 0.717) is 0 Å². The maximum Gasteiger partial charge on any atom is 0.200 e. The summed E-state index contributed by atoms with van der Waals surface area (Å²) in [5, 5.41) is 7.41. The van der Waals surface area contributed by atoms with Crippen LogP contribution in [0.5, 0.6) is 17.2 Å². The highest BCUT2D eigenvalue weighted by Gasteiger charge is 2.51. The number of hydrogen-bond acceptors (Lipinski definition) is 6. The van der Waals surface area contributed by atoms with Crippen LogP contribution in [-0.4, -0.2) is 55.2 Å². The highest BCUT2D eigenvalue weighted by atomic mass is 16.5. The second-order valence-corrected chi connectivity index (χ2v) is 8.20. The molecule has 6 nitrogen and oxygen atoms in total. The molecule has 1 saturated heterocycles. The minimum absolute atomic E-state index is 0.200. The van der Waals surface area contributed by atoms with Gasteiger partial charge in [-0.05, 0) is 30.8 Å². The van der Waals surface area contributed by atoms with E-state index in [9.17, 15) is 0 Å². The summed E-state index contributed by atoms with van der Waals surface area (Å²) < 4.78 is 17.6. The molecule has 1 atom stereocenters. The van der Waals surface area contributed by atoms with Crippen molar-refractivity contribution in [1.29, 1.82) is 0 Å². The average Bonchev–Trinajstić information content (AvgIpc) is 3.26. The van der Waals surface area contributed by atoms with Gasteiger partial charge in [-0.1, -0.05) is 25.1 Å². The lowest BCUT2D eigenvalue weighted by atomic mass is 9.90. The van der Waals surface area contributed by atoms with E-state index in [4.69, 9.17) is 19.3 Å². The first-order valence-electron chi connectivity index (χ1n) is 10.8. The van der Waals surface area contributed by atoms with E-state index in [1.165, 1.54) is 5.56 Å². The number of nitrogens with zero attached hydrogens (tertiary/aromatic N) is 3. The van der Waals surface area contributed by atoms with Gasteiger partial charge in [-0.15, -0.1) is 0 Å². The minimum Gasteiger partial charge on any atom is -0.493 e. The van der Waals surface area contributed by atoms with E-state index in [0.717, 1.165) is 67.4 Å². The number of piperidine rings is 1. The molecule has 0 aromatic heterocycles. The van der Waals surface area contributed by atoms with Gasteiger partial charge in [0, 0.05) is 43.5 Å². The predicted octanol–water partition coefficient (Wildman–Crippen LogP) is 4.06. The monoisotopic (exact) mass is 407 g/mol. The Labute approximate surface area is 178 Å². The molecule has 1 fully saturated rings. The highest BCUT2D eigenvalue weighted by molar-refractivity contribution is 6.02. The van der Waals surface area contributed by atoms with Gasteiger partial charge in [0.2, 0.25) is 5.72 Å². The molecule has 3 heterocycles. The summed E-state index contributed by atoms with van der Waals surface area (Å²) in [6.45, 7) is 5.36. The van der Waals surface area contributed by atoms with E-state index in [1.54, 1.807) is 14.2 Å². The first-order chi connectivity index (χ1) is 14.7. The summed E-state index contributed by atoms with van der Waals surface area (Å²) in [6, 6.07) is 14.7. The molecule has 0 N–H and O–H groups in total. The summed E-state index contributed by atoms with van der Waals surface area (Å²) in [7, 11) is 3.33. The molecule has 0 aliphatic carbocycles. The largest absolute Gasteiger partial charge is 0.493 e. The number of likely N-dealkylation sites (tertiary alicyclic amines) is 1. The molecule has 0 bridgehead atoms. The molecule has 0 unspecified atom stereocenters. The van der Waals surface area contributed by atoms with Crippen LogP contribution in [0.1, 0.15) is 43.4 Å². The molecule has 3 aliphatic rings. The number of hydrazone groups is 1. The van der Waals surface area contributed by atoms with Crippen molar-refractivity contribution < 1.29 is 14.2 Å². The van der Waals surface area contributed by atoms with Crippen LogP contribution in [0.4, 0.5) is 0 Å². The Hall–Kier alpha value is -2.73. The van der Waals surface area contributed by atoms with Gasteiger partial charge < -0.3 is 19.1 Å². The zero-order valence-corrected chi connectivity index (χ0v) is 17.9. The Morgan fingerprint density at radius 3 is 2.57 bits per heavy atom. The molecule has 3 aliphatic heterocycles. The third-order valence-electron chi connectivity index (χ3n) is 6.71. The second-order valence-electron chi connectivity index (χ2n) is 8.20. The van der Waals surface area contributed by atoms with E-state index in [-0.39, 0.29) is 11.8 Å². The first kappa shape index (κ1) is 19.2. The molecule has 30 heavy (non-hydrogen) atoms. The van der Waals surface area contributed by atoms with E-state index in [1.807, 2.05) is 12.1 Å². The highest BCUT2D eigenvalue weighted by Crippen LogP contribution is 2.50. The summed E-state index contributed by atoms with van der Waals surface area (Å²) in [5.74, 6) is 2.47. The van der Waals surface area contributed by atoms with Crippen LogP contribution >= 0.6 is 0 Å². The maximum atomic E-state index is 6.68. The molecular weight excluding hydrogens is 378 g/mol. The molecule has 0 amide bonds. The van der Waals surface area contributed by atoms with E-state index >= 15 is 0 Å². The number of hydrogen-bond donors (Lipinski definition) is 0. The quantitative estimate of drug-likeness (QED) is 0.765. The van der Waals surface area contributed by atoms with Crippen molar-refractivity contribution >= 4 is 5.71 Å². The van der Waals surface area contributed by atoms with Crippen LogP contribution < -0.4 is 14.2 Å². The van der Waals surface area contributed by atoms with Crippen molar-refractivity contribution in [2.45, 2.75) is 38.0 Å². The fourth-order valence-corrected chi connectivity index (χ4v) is 4.97. The van der Waals surface area contributed by atoms with Crippen molar-refractivity contribution in [1.82, 2.24) is 9.91 Å². The van der Waals surface area contributed by atoms with Crippen LogP contribution in [-0.2, 0) is 0 Å². The standard InChI is InChI=1S/C24H29N3O3/c1-4-26-13-11-24(12-14-26)27-20(18-7-5-6-8-21(18)30-24)16-19(25-27)17-9-10-22(28-2)23(15-17)29-3/h5-10,15,20H,4,11-14,16H2,1-3H3/t20-/m1/s1. The van der Waals surface area contributed by atoms with Crippen molar-refractivity contribution in [3.05, 3.63) is 53.6 Å². The minimum atomic E-state index is -0.372. The Morgan fingerprint density at radius 2 is 1.83 bits per heavy atom. The number of methoxy groups -OCH3 is 2. The number of para-hydroxylation sites is 1. The number of benzene rings is 2. The summed E-state index contributed by atoms with van der Waals surface area (Å²) >= 11 is 0. The molecular formula is C24H29N3O3. The zero-order chi connectivity index (χ0) is 20.7. The van der Waals surface area contributed by atoms with Crippen LogP contribution in [0.2, 0.25) is 0 Å². The smallest absolute Gasteiger partial charge is 0.200 e. The van der Waals surface area contributed by atoms with Crippen LogP contribution in [0.3, 0.4) is 0 Å². The van der Waals surface area contributed by atoms with Crippen molar-refractivity contribution in [2.75, 3.05) is 33.9 Å². The van der Waals surface area contributed by atoms with Crippen molar-refractivity contribution in [3.63, 3.8) is 0 Å². The predicted molar refractivity (Wildman–Crippen MR) is 116 cm³/mol. The number of fused-ring (bicyclic) bond motifs is 4. The molecule has 2 aromatic rings. The molecule has 0 saturated carbocycles. The lowest BCUT2D eigenvalue weighted by Crippen LogP contribution is -2.59. The van der Waals surface area contributed by atoms with Crippen LogP contribution in [0, 0.1) is 0 Å². The Morgan fingerprint density at radius 1 is 1.07 bits per heavy atom. The Kier molecular flexibility index (Phi) is 4.82. The molecule has 2 aromatic carbocycles. The topological polar surface area (TPSA) is 46.5 Å². The van der Waals surface area contributed by atoms with E-state index < -0.39 is 0 Å². The lowest BCUT2D eigenvalue weighted by Gasteiger charge is -2.51. The van der Waals surface area contributed by atoms with Crippen molar-refractivity contribution in [3.8, 4) is 17.2 Å². The van der Waals surface area contributed by atoms with Gasteiger partial charge in [-0.2, -0.15) is 5.10 Å². The van der Waals surface area contributed by atoms with Gasteiger partial charge in [-0.3, -0.25) is 0 Å². The number of ether oxygens (including phenoxy) is 3. The van der Waals surface area contributed by atoms with Gasteiger partial charge in [0.25, 0.3) is 0 Å². The molecule has 0 radical (unpaired) electrons. The molecule has 158 valence electrons. The lowest BCUT2D eigenvalue weighted by molar-refractivity contribution is -0.149. The van der Waals surface area contributed by atoms with Gasteiger partial charge >= 0.3 is 0 Å². The average molecular weight is 408 g/mol. The normalized spacial score (nSPS) is 22.2. The fourth-order valence-electron chi connectivity index (χ4n) is 4.97. The summed E-state index contributed by atoms with van der Waals surface area (Å²) in [4.78, 5) is 2.49. The molecule has 5 rings (SSSR count). The third kappa shape index (κ3) is 3.01. The zero-order valence-electron chi connectivity index (χ0n) is 17.9. The third-order valence-corrected chi connectivity index (χ3v) is 6.71. The maximum absolute atomic E-state index is 6.68. The van der Waals surface area contributed by atoms with E-state index in [2.05, 4.69) is 47.2 Å². The Balaban J connectivity index is 1.53. The first-order valence-corrected chi connectivity index (χ1v) is 10.8. The van der Waals surface area contributed by atoms with Gasteiger partial charge in [0.15, 0.2) is 11.5 Å². The number of rotatable bonds is 4. The fraction of sp³-hybridized carbons (Fsp3) is 0.458. The second kappa shape index (κ2) is 7.51. The molecule has 6 heteroatoms. The summed E-state index contributed by atoms with van der Waals surface area (Å²) in [6.07, 6.45) is 2.76. The Bertz CT molecular complexity index is 966. The van der Waals surface area contributed by atoms with Gasteiger partial charge in [0.1, 0.15) is 5.75 Å².